The summed E-state index contributed by atoms with van der Waals surface area (Å²) in [6, 6.07) is 0. The van der Waals surface area contributed by atoms with Crippen LogP contribution in [0.4, 0.5) is 5.82 Å². The third-order valence-corrected chi connectivity index (χ3v) is 9.51. The number of nitrogens with two attached hydrogens (primary N) is 1. The molecule has 1 aliphatic rings. The predicted octanol–water partition coefficient (Wildman–Crippen LogP) is -0.841. The average Bonchev–Trinajstić information content (AvgIpc) is 3.54. The van der Waals surface area contributed by atoms with Gasteiger partial charge in [0.05, 0.1) is 13.2 Å². The molecule has 23 nitrogen and oxygen atoms in total. The Hall–Kier alpha value is -2.69. The van der Waals surface area contributed by atoms with Crippen LogP contribution in [0.15, 0.2) is 18.4 Å². The Balaban J connectivity index is 1.61. The van der Waals surface area contributed by atoms with Crippen molar-refractivity contribution in [1.82, 2.24) is 30.2 Å². The number of carbonyl (C=O) groups excluding carboxylic acids is 2. The van der Waals surface area contributed by atoms with Gasteiger partial charge in [0.15, 0.2) is 34.9 Å². The number of aliphatic hydroxyl groups excluding tert-OH is 2. The van der Waals surface area contributed by atoms with Crippen molar-refractivity contribution in [3.05, 3.63) is 18.4 Å². The van der Waals surface area contributed by atoms with Crippen LogP contribution in [0.3, 0.4) is 0 Å². The number of hydrogen-bond donors (Lipinski definition) is 10. The second kappa shape index (κ2) is 15.9. The van der Waals surface area contributed by atoms with Crippen molar-refractivity contribution < 1.29 is 75.7 Å². The molecule has 2 aromatic rings. The maximum atomic E-state index is 12.6. The maximum absolute atomic E-state index is 12.6. The summed E-state index contributed by atoms with van der Waals surface area (Å²) >= 11 is 3.95. The number of rotatable bonds is 18. The van der Waals surface area contributed by atoms with Gasteiger partial charge in [0.25, 0.3) is 0 Å². The Bertz CT molecular complexity index is 1670. The van der Waals surface area contributed by atoms with Crippen molar-refractivity contribution in [3.8, 4) is 0 Å². The van der Waals surface area contributed by atoms with Crippen LogP contribution in [0.5, 0.6) is 0 Å². The normalized spacial score (nSPS) is 20.2. The Morgan fingerprint density at radius 3 is 2.42 bits per heavy atom. The zero-order valence-corrected chi connectivity index (χ0v) is 28.6. The molecule has 2 amide bonds. The monoisotopic (exact) mass is 765 g/mol. The predicted molar refractivity (Wildman–Crippen MR) is 164 cm³/mol. The number of thiol groups is 1. The van der Waals surface area contributed by atoms with Crippen LogP contribution in [-0.4, -0.2) is 111 Å². The number of nitrogen functional groups attached to an aromatic ring is 1. The molecule has 0 bridgehead atoms. The van der Waals surface area contributed by atoms with Crippen molar-refractivity contribution >= 4 is 70.8 Å². The molecule has 0 spiro atoms. The van der Waals surface area contributed by atoms with E-state index in [4.69, 9.17) is 15.0 Å². The van der Waals surface area contributed by atoms with Gasteiger partial charge in [-0.1, -0.05) is 13.8 Å². The van der Waals surface area contributed by atoms with E-state index >= 15 is 0 Å². The third-order valence-electron chi connectivity index (χ3n) is 6.20. The highest BCUT2D eigenvalue weighted by Gasteiger charge is 2.46. The lowest BCUT2D eigenvalue weighted by Gasteiger charge is -2.30. The Morgan fingerprint density at radius 1 is 1.10 bits per heavy atom. The van der Waals surface area contributed by atoms with E-state index < -0.39 is 78.0 Å². The fraction of sp³-hybridized carbons (Fsp3) is 0.571. The van der Waals surface area contributed by atoms with Gasteiger partial charge in [0.1, 0.15) is 18.8 Å². The van der Waals surface area contributed by atoms with Crippen LogP contribution in [0.1, 0.15) is 20.3 Å². The summed E-state index contributed by atoms with van der Waals surface area (Å²) in [6.45, 7) is 0.661. The van der Waals surface area contributed by atoms with E-state index in [1.807, 2.05) is 0 Å². The van der Waals surface area contributed by atoms with Crippen LogP contribution in [-0.2, 0) is 45.9 Å². The highest BCUT2D eigenvalue weighted by atomic mass is 32.1. The van der Waals surface area contributed by atoms with Crippen LogP contribution in [0, 0.1) is 5.41 Å². The molecule has 1 aliphatic heterocycles. The number of phosphoric ester groups is 3. The lowest BCUT2D eigenvalue weighted by atomic mass is 9.87. The smallest absolute Gasteiger partial charge is 0.481 e. The second-order valence-corrected chi connectivity index (χ2v) is 15.2. The summed E-state index contributed by atoms with van der Waals surface area (Å²) in [4.78, 5) is 74.5. The average molecular weight is 766 g/mol. The molecule has 5 atom stereocenters. The first-order chi connectivity index (χ1) is 22.2. The number of aromatic nitrogens is 4. The minimum atomic E-state index is -5.56. The number of amides is 2. The topological polar surface area (TPSA) is 347 Å². The van der Waals surface area contributed by atoms with Crippen molar-refractivity contribution in [2.45, 2.75) is 38.6 Å². The molecular weight excluding hydrogens is 731 g/mol. The Morgan fingerprint density at radius 2 is 1.77 bits per heavy atom. The summed E-state index contributed by atoms with van der Waals surface area (Å²) < 4.78 is 61.3. The fourth-order valence-corrected chi connectivity index (χ4v) is 6.73. The van der Waals surface area contributed by atoms with Crippen LogP contribution in [0.25, 0.3) is 17.0 Å². The maximum Gasteiger partial charge on any atom is 0.481 e. The lowest BCUT2D eigenvalue weighted by Crippen LogP contribution is -2.46. The van der Waals surface area contributed by atoms with Crippen LogP contribution < -0.4 is 16.4 Å². The number of anilines is 1. The standard InChI is InChI=1S/C21H34N7O16P3S/c1-21(2,16(31)19(32)24-4-3-12(29)23-5-6-48)8-41-47(38,39)44-46(36,37)40-7-11-15(43-45(33,34)35)14(30)20(42-11)28-10-27-13-17(22)25-9-26-18(13)28/h9-11,15-16,30-31,48H,3-8H2,1-2H3,(H,23,29)(H,24,32)(H,36,37)(H,38,39)(H2,22,25,26)(H2,33,34,35)/t11-,15-,16+/m1/s1. The van der Waals surface area contributed by atoms with Crippen molar-refractivity contribution in [3.63, 3.8) is 0 Å². The van der Waals surface area contributed by atoms with Crippen LogP contribution in [0.2, 0.25) is 0 Å². The lowest BCUT2D eigenvalue weighted by molar-refractivity contribution is -0.137. The molecule has 270 valence electrons. The Kier molecular flexibility index (Phi) is 13.2. The van der Waals surface area contributed by atoms with E-state index in [9.17, 15) is 53.1 Å². The number of fused-ring (bicyclic) bond motifs is 1. The molecule has 10 N–H and O–H groups in total. The molecular formula is C21H34N7O16P3S. The first-order valence-electron chi connectivity index (χ1n) is 13.4. The third kappa shape index (κ3) is 10.9. The van der Waals surface area contributed by atoms with E-state index in [2.05, 4.69) is 51.6 Å². The van der Waals surface area contributed by atoms with Crippen molar-refractivity contribution in [2.24, 2.45) is 5.41 Å². The van der Waals surface area contributed by atoms with Gasteiger partial charge in [-0.25, -0.2) is 33.2 Å². The molecule has 0 aromatic carbocycles. The number of phosphoric acid groups is 3. The molecule has 48 heavy (non-hydrogen) atoms. The van der Waals surface area contributed by atoms with Gasteiger partial charge in [-0.3, -0.25) is 23.2 Å². The van der Waals surface area contributed by atoms with E-state index in [1.165, 1.54) is 13.8 Å². The molecule has 0 saturated heterocycles. The minimum Gasteiger partial charge on any atom is -0.505 e. The highest BCUT2D eigenvalue weighted by molar-refractivity contribution is 7.80. The molecule has 0 saturated carbocycles. The van der Waals surface area contributed by atoms with E-state index in [0.717, 1.165) is 17.2 Å². The zero-order chi connectivity index (χ0) is 36.1. The fourth-order valence-electron chi connectivity index (χ4n) is 3.84. The molecule has 0 aliphatic carbocycles. The van der Waals surface area contributed by atoms with Gasteiger partial charge in [0, 0.05) is 30.7 Å². The molecule has 3 rings (SSSR count). The van der Waals surface area contributed by atoms with Gasteiger partial charge in [-0.2, -0.15) is 16.9 Å². The number of nitrogens with zero attached hydrogens (tertiary/aromatic N) is 4. The summed E-state index contributed by atoms with van der Waals surface area (Å²) in [6.07, 6.45) is -3.64. The van der Waals surface area contributed by atoms with Gasteiger partial charge in [-0.15, -0.1) is 0 Å². The quantitative estimate of drug-likeness (QED) is 0.0653. The van der Waals surface area contributed by atoms with Gasteiger partial charge in [0.2, 0.25) is 17.7 Å². The van der Waals surface area contributed by atoms with E-state index in [-0.39, 0.29) is 35.9 Å². The molecule has 0 fully saturated rings. The molecule has 3 heterocycles. The van der Waals surface area contributed by atoms with Gasteiger partial charge < -0.3 is 50.9 Å². The number of ether oxygens (including phenoxy) is 1. The largest absolute Gasteiger partial charge is 0.505 e. The van der Waals surface area contributed by atoms with Gasteiger partial charge >= 0.3 is 23.5 Å². The molecule has 0 radical (unpaired) electrons. The van der Waals surface area contributed by atoms with E-state index in [0.29, 0.717) is 12.3 Å². The number of hydrogen-bond acceptors (Lipinski definition) is 17. The number of aliphatic hydroxyl groups is 2. The minimum absolute atomic E-state index is 0.0204. The summed E-state index contributed by atoms with van der Waals surface area (Å²) in [5.74, 6) is -2.46. The van der Waals surface area contributed by atoms with E-state index in [1.54, 1.807) is 0 Å². The zero-order valence-electron chi connectivity index (χ0n) is 25.1. The molecule has 2 aromatic heterocycles. The highest BCUT2D eigenvalue weighted by Crippen LogP contribution is 2.61. The first-order valence-corrected chi connectivity index (χ1v) is 18.6. The summed E-state index contributed by atoms with van der Waals surface area (Å²) in [7, 11) is -16.4. The summed E-state index contributed by atoms with van der Waals surface area (Å²) in [5, 5.41) is 26.0. The second-order valence-electron chi connectivity index (χ2n) is 10.5. The van der Waals surface area contributed by atoms with Crippen molar-refractivity contribution in [1.29, 1.82) is 0 Å². The summed E-state index contributed by atoms with van der Waals surface area (Å²) in [5.41, 5.74) is 4.19. The van der Waals surface area contributed by atoms with Gasteiger partial charge in [-0.05, 0) is 0 Å². The first kappa shape index (κ1) is 39.7. The molecule has 2 unspecified atom stereocenters. The van der Waals surface area contributed by atoms with Crippen LogP contribution >= 0.6 is 36.1 Å². The number of imidazole rings is 1. The number of carbonyl (C=O) groups is 2. The SMILES string of the molecule is CC(C)(COP(=O)(O)OP(=O)(O)OC[C@H]1OC(n2cnc3c(N)ncnc32)=C(O)[C@@H]1OP(=O)(O)O)[C@@H](O)C(=O)NCCC(=O)NCCS. The van der Waals surface area contributed by atoms with Crippen molar-refractivity contribution in [2.75, 3.05) is 37.8 Å². The molecule has 27 heteroatoms. The Labute approximate surface area is 276 Å². The number of nitrogens with one attached hydrogen (secondary N) is 2.